The van der Waals surface area contributed by atoms with E-state index >= 15 is 0 Å². The molecule has 0 saturated heterocycles. The Morgan fingerprint density at radius 3 is 2.38 bits per heavy atom. The first-order valence-corrected chi connectivity index (χ1v) is 10.9. The highest BCUT2D eigenvalue weighted by Gasteiger charge is 2.24. The number of hydrogen-bond donors (Lipinski definition) is 0. The first-order chi connectivity index (χ1) is 14.2. The van der Waals surface area contributed by atoms with E-state index in [0.717, 1.165) is 43.5 Å². The van der Waals surface area contributed by atoms with Crippen molar-refractivity contribution in [2.24, 2.45) is 0 Å². The quantitative estimate of drug-likeness (QED) is 0.313. The number of allylic oxidation sites excluding steroid dienone is 1. The Labute approximate surface area is 174 Å². The van der Waals surface area contributed by atoms with Crippen LogP contribution in [0.4, 0.5) is 0 Å². The minimum atomic E-state index is -0.225. The molecule has 0 unspecified atom stereocenters. The van der Waals surface area contributed by atoms with Gasteiger partial charge in [0.05, 0.1) is 0 Å². The summed E-state index contributed by atoms with van der Waals surface area (Å²) in [4.78, 5) is 20.7. The van der Waals surface area contributed by atoms with Gasteiger partial charge in [-0.05, 0) is 62.5 Å². The summed E-state index contributed by atoms with van der Waals surface area (Å²) in [6.45, 7) is 4.05. The van der Waals surface area contributed by atoms with Gasteiger partial charge in [0.1, 0.15) is 6.10 Å². The van der Waals surface area contributed by atoms with Crippen molar-refractivity contribution in [2.75, 3.05) is 0 Å². The van der Waals surface area contributed by atoms with Crippen molar-refractivity contribution in [3.05, 3.63) is 59.9 Å². The maximum atomic E-state index is 11.6. The fraction of sp³-hybridized carbons (Fsp3) is 0.480. The Morgan fingerprint density at radius 2 is 1.76 bits per heavy atom. The average molecular weight is 393 g/mol. The Bertz CT molecular complexity index is 789. The Balaban J connectivity index is 1.53. The molecule has 1 fully saturated rings. The smallest absolute Gasteiger partial charge is 0.330 e. The molecule has 1 aromatic carbocycles. The second-order valence-electron chi connectivity index (χ2n) is 7.90. The molecule has 0 bridgehead atoms. The molecular weight excluding hydrogens is 360 g/mol. The van der Waals surface area contributed by atoms with Gasteiger partial charge in [0.2, 0.25) is 0 Å². The number of ether oxygens (including phenoxy) is 1. The number of unbranched alkanes of at least 4 members (excludes halogenated alkanes) is 2. The van der Waals surface area contributed by atoms with Crippen LogP contribution in [-0.4, -0.2) is 22.0 Å². The molecule has 0 N–H and O–H groups in total. The first-order valence-electron chi connectivity index (χ1n) is 10.9. The van der Waals surface area contributed by atoms with Crippen LogP contribution in [0.5, 0.6) is 0 Å². The molecule has 154 valence electrons. The first kappa shape index (κ1) is 21.2. The van der Waals surface area contributed by atoms with E-state index < -0.39 is 0 Å². The summed E-state index contributed by atoms with van der Waals surface area (Å²) in [6, 6.07) is 8.65. The van der Waals surface area contributed by atoms with Gasteiger partial charge in [-0.2, -0.15) is 0 Å². The van der Waals surface area contributed by atoms with E-state index in [0.29, 0.717) is 5.92 Å². The van der Waals surface area contributed by atoms with Crippen LogP contribution in [0, 0.1) is 0 Å². The van der Waals surface area contributed by atoms with Crippen molar-refractivity contribution in [2.45, 2.75) is 77.2 Å². The van der Waals surface area contributed by atoms with E-state index in [1.165, 1.54) is 36.5 Å². The highest BCUT2D eigenvalue weighted by atomic mass is 16.5. The molecule has 0 radical (unpaired) electrons. The van der Waals surface area contributed by atoms with E-state index in [4.69, 9.17) is 4.74 Å². The number of rotatable bonds is 8. The highest BCUT2D eigenvalue weighted by Crippen LogP contribution is 2.34. The lowest BCUT2D eigenvalue weighted by Crippen LogP contribution is -2.23. The van der Waals surface area contributed by atoms with Crippen LogP contribution in [0.3, 0.4) is 0 Å². The number of aryl methyl sites for hydroxylation is 1. The fourth-order valence-electron chi connectivity index (χ4n) is 3.97. The molecule has 0 atom stereocenters. The van der Waals surface area contributed by atoms with E-state index in [1.54, 1.807) is 6.08 Å². The molecule has 29 heavy (non-hydrogen) atoms. The molecule has 1 saturated carbocycles. The second kappa shape index (κ2) is 10.9. The zero-order chi connectivity index (χ0) is 20.5. The molecule has 1 aromatic heterocycles. The minimum Gasteiger partial charge on any atom is -0.459 e. The van der Waals surface area contributed by atoms with Gasteiger partial charge in [0.15, 0.2) is 5.82 Å². The third kappa shape index (κ3) is 6.25. The van der Waals surface area contributed by atoms with Gasteiger partial charge < -0.3 is 4.74 Å². The summed E-state index contributed by atoms with van der Waals surface area (Å²) in [5.74, 6) is 1.09. The van der Waals surface area contributed by atoms with Crippen molar-refractivity contribution in [3.8, 4) is 11.4 Å². The Kier molecular flexibility index (Phi) is 7.97. The standard InChI is InChI=1S/C25H32N2O2/c1-3-5-6-8-19-17-26-25(27-18-19)22-11-9-20(10-12-22)21-13-15-23(16-14-21)29-24(28)7-4-2/h4,7,9-12,17-18,21,23H,3,5-6,8,13-16H2,1-2H3/b7-4+. The van der Waals surface area contributed by atoms with Gasteiger partial charge in [-0.25, -0.2) is 14.8 Å². The van der Waals surface area contributed by atoms with Crippen LogP contribution in [0.15, 0.2) is 48.8 Å². The maximum Gasteiger partial charge on any atom is 0.330 e. The summed E-state index contributed by atoms with van der Waals surface area (Å²) in [5.41, 5.74) is 3.62. The van der Waals surface area contributed by atoms with Gasteiger partial charge in [-0.3, -0.25) is 0 Å². The number of nitrogens with zero attached hydrogens (tertiary/aromatic N) is 2. The maximum absolute atomic E-state index is 11.6. The minimum absolute atomic E-state index is 0.0541. The third-order valence-corrected chi connectivity index (χ3v) is 5.67. The van der Waals surface area contributed by atoms with Crippen molar-refractivity contribution < 1.29 is 9.53 Å². The molecule has 0 aliphatic heterocycles. The van der Waals surface area contributed by atoms with Gasteiger partial charge >= 0.3 is 5.97 Å². The van der Waals surface area contributed by atoms with Crippen molar-refractivity contribution >= 4 is 5.97 Å². The van der Waals surface area contributed by atoms with Crippen LogP contribution in [-0.2, 0) is 16.0 Å². The Morgan fingerprint density at radius 1 is 1.07 bits per heavy atom. The van der Waals surface area contributed by atoms with E-state index in [9.17, 15) is 4.79 Å². The number of carbonyl (C=O) groups excluding carboxylic acids is 1. The van der Waals surface area contributed by atoms with E-state index in [2.05, 4.69) is 41.2 Å². The predicted octanol–water partition coefficient (Wildman–Crippen LogP) is 6.02. The molecule has 1 heterocycles. The largest absolute Gasteiger partial charge is 0.459 e. The normalized spacial score (nSPS) is 19.4. The number of hydrogen-bond acceptors (Lipinski definition) is 4. The number of carbonyl (C=O) groups is 1. The van der Waals surface area contributed by atoms with Gasteiger partial charge in [-0.15, -0.1) is 0 Å². The molecule has 1 aliphatic carbocycles. The van der Waals surface area contributed by atoms with Crippen LogP contribution >= 0.6 is 0 Å². The lowest BCUT2D eigenvalue weighted by atomic mass is 9.82. The second-order valence-corrected chi connectivity index (χ2v) is 7.90. The molecule has 1 aliphatic rings. The zero-order valence-electron chi connectivity index (χ0n) is 17.6. The van der Waals surface area contributed by atoms with Crippen LogP contribution in [0.25, 0.3) is 11.4 Å². The summed E-state index contributed by atoms with van der Waals surface area (Å²) in [6.07, 6.45) is 15.9. The lowest BCUT2D eigenvalue weighted by Gasteiger charge is -2.28. The topological polar surface area (TPSA) is 52.1 Å². The van der Waals surface area contributed by atoms with Crippen LogP contribution in [0.1, 0.15) is 75.8 Å². The molecule has 4 heteroatoms. The zero-order valence-corrected chi connectivity index (χ0v) is 17.6. The molecular formula is C25H32N2O2. The molecule has 4 nitrogen and oxygen atoms in total. The summed E-state index contributed by atoms with van der Waals surface area (Å²) < 4.78 is 5.49. The van der Waals surface area contributed by atoms with Gasteiger partial charge in [-0.1, -0.05) is 50.1 Å². The third-order valence-electron chi connectivity index (χ3n) is 5.67. The monoisotopic (exact) mass is 392 g/mol. The summed E-state index contributed by atoms with van der Waals surface area (Å²) in [5, 5.41) is 0. The van der Waals surface area contributed by atoms with Crippen molar-refractivity contribution in [3.63, 3.8) is 0 Å². The van der Waals surface area contributed by atoms with Gasteiger partial charge in [0, 0.05) is 24.0 Å². The number of benzene rings is 1. The number of aromatic nitrogens is 2. The SMILES string of the molecule is C/C=C/C(=O)OC1CCC(c2ccc(-c3ncc(CCCCC)cn3)cc2)CC1. The average Bonchev–Trinajstić information content (AvgIpc) is 2.75. The van der Waals surface area contributed by atoms with Crippen LogP contribution in [0.2, 0.25) is 0 Å². The van der Waals surface area contributed by atoms with E-state index in [1.807, 2.05) is 19.3 Å². The summed E-state index contributed by atoms with van der Waals surface area (Å²) >= 11 is 0. The van der Waals surface area contributed by atoms with Gasteiger partial charge in [0.25, 0.3) is 0 Å². The highest BCUT2D eigenvalue weighted by molar-refractivity contribution is 5.81. The lowest BCUT2D eigenvalue weighted by molar-refractivity contribution is -0.144. The fourth-order valence-corrected chi connectivity index (χ4v) is 3.97. The molecule has 0 amide bonds. The Hall–Kier alpha value is -2.49. The predicted molar refractivity (Wildman–Crippen MR) is 117 cm³/mol. The number of esters is 1. The summed E-state index contributed by atoms with van der Waals surface area (Å²) in [7, 11) is 0. The molecule has 2 aromatic rings. The van der Waals surface area contributed by atoms with E-state index in [-0.39, 0.29) is 12.1 Å². The molecule has 0 spiro atoms. The van der Waals surface area contributed by atoms with Crippen LogP contribution < -0.4 is 0 Å². The van der Waals surface area contributed by atoms with Crippen molar-refractivity contribution in [1.82, 2.24) is 9.97 Å². The van der Waals surface area contributed by atoms with Crippen molar-refractivity contribution in [1.29, 1.82) is 0 Å². The molecule has 3 rings (SSSR count).